The number of aromatic nitrogens is 1. The van der Waals surface area contributed by atoms with Crippen LogP contribution >= 0.6 is 22.9 Å². The van der Waals surface area contributed by atoms with Crippen molar-refractivity contribution < 1.29 is 9.53 Å². The lowest BCUT2D eigenvalue weighted by Crippen LogP contribution is -2.28. The number of carbonyl (C=O) groups excluding carboxylic acids is 1. The van der Waals surface area contributed by atoms with Crippen molar-refractivity contribution in [1.29, 1.82) is 0 Å². The summed E-state index contributed by atoms with van der Waals surface area (Å²) in [5, 5.41) is 8.65. The number of amides is 2. The highest BCUT2D eigenvalue weighted by Crippen LogP contribution is 2.25. The minimum atomic E-state index is -0.298. The number of urea groups is 1. The lowest BCUT2D eigenvalue weighted by atomic mass is 10.2. The van der Waals surface area contributed by atoms with E-state index in [1.165, 1.54) is 11.3 Å². The fourth-order valence-electron chi connectivity index (χ4n) is 2.15. The molecule has 0 spiro atoms. The van der Waals surface area contributed by atoms with Gasteiger partial charge in [-0.05, 0) is 29.8 Å². The third kappa shape index (κ3) is 4.71. The second-order valence-corrected chi connectivity index (χ2v) is 6.50. The van der Waals surface area contributed by atoms with Crippen LogP contribution in [-0.4, -0.2) is 18.1 Å². The second kappa shape index (κ2) is 8.00. The molecule has 2 aromatic carbocycles. The van der Waals surface area contributed by atoms with Crippen molar-refractivity contribution in [2.75, 3.05) is 12.4 Å². The van der Waals surface area contributed by atoms with Gasteiger partial charge in [-0.1, -0.05) is 35.9 Å². The number of hydrogen-bond acceptors (Lipinski definition) is 4. The number of rotatable bonds is 5. The fraction of sp³-hybridized carbons (Fsp3) is 0.111. The molecule has 0 atom stereocenters. The average molecular weight is 374 g/mol. The summed E-state index contributed by atoms with van der Waals surface area (Å²) >= 11 is 7.26. The Bertz CT molecular complexity index is 848. The van der Waals surface area contributed by atoms with Gasteiger partial charge in [0.05, 0.1) is 12.8 Å². The molecule has 0 aliphatic rings. The summed E-state index contributed by atoms with van der Waals surface area (Å²) in [5.74, 6) is 0.783. The van der Waals surface area contributed by atoms with E-state index in [-0.39, 0.29) is 6.03 Å². The van der Waals surface area contributed by atoms with Crippen LogP contribution < -0.4 is 15.4 Å². The van der Waals surface area contributed by atoms with Crippen LogP contribution in [0, 0.1) is 0 Å². The van der Waals surface area contributed by atoms with E-state index < -0.39 is 0 Å². The summed E-state index contributed by atoms with van der Waals surface area (Å²) in [7, 11) is 1.62. The molecule has 0 saturated carbocycles. The van der Waals surface area contributed by atoms with E-state index in [2.05, 4.69) is 15.6 Å². The summed E-state index contributed by atoms with van der Waals surface area (Å²) in [6.07, 6.45) is 0. The van der Waals surface area contributed by atoms with Gasteiger partial charge in [-0.25, -0.2) is 9.78 Å². The standard InChI is InChI=1S/C18H16ClN3O2S/c1-24-15-8-2-12(3-9-15)10-20-17(23)22-18-21-16(11-25-18)13-4-6-14(19)7-5-13/h2-9,11H,10H2,1H3,(H2,20,21,22,23). The van der Waals surface area contributed by atoms with Gasteiger partial charge in [-0.3, -0.25) is 5.32 Å². The Hall–Kier alpha value is -2.57. The Labute approximate surface area is 154 Å². The number of benzene rings is 2. The second-order valence-electron chi connectivity index (χ2n) is 5.20. The van der Waals surface area contributed by atoms with E-state index in [0.29, 0.717) is 16.7 Å². The molecule has 1 heterocycles. The van der Waals surface area contributed by atoms with Crippen LogP contribution in [-0.2, 0) is 6.54 Å². The first-order valence-electron chi connectivity index (χ1n) is 7.53. The zero-order chi connectivity index (χ0) is 17.6. The maximum absolute atomic E-state index is 12.0. The van der Waals surface area contributed by atoms with Gasteiger partial charge in [-0.15, -0.1) is 11.3 Å². The zero-order valence-corrected chi connectivity index (χ0v) is 15.0. The monoisotopic (exact) mass is 373 g/mol. The predicted octanol–water partition coefficient (Wildman–Crippen LogP) is 4.79. The Morgan fingerprint density at radius 3 is 2.56 bits per heavy atom. The van der Waals surface area contributed by atoms with Crippen LogP contribution in [0.2, 0.25) is 5.02 Å². The molecule has 0 aliphatic carbocycles. The van der Waals surface area contributed by atoms with Crippen molar-refractivity contribution in [1.82, 2.24) is 10.3 Å². The maximum Gasteiger partial charge on any atom is 0.321 e. The van der Waals surface area contributed by atoms with Crippen molar-refractivity contribution in [3.63, 3.8) is 0 Å². The summed E-state index contributed by atoms with van der Waals surface area (Å²) in [6.45, 7) is 0.422. The average Bonchev–Trinajstić information content (AvgIpc) is 3.09. The molecule has 0 aliphatic heterocycles. The van der Waals surface area contributed by atoms with E-state index in [1.54, 1.807) is 7.11 Å². The number of ether oxygens (including phenoxy) is 1. The van der Waals surface area contributed by atoms with Gasteiger partial charge in [0.15, 0.2) is 5.13 Å². The Morgan fingerprint density at radius 1 is 1.16 bits per heavy atom. The van der Waals surface area contributed by atoms with Gasteiger partial charge in [-0.2, -0.15) is 0 Å². The molecule has 2 amide bonds. The lowest BCUT2D eigenvalue weighted by molar-refractivity contribution is 0.251. The number of halogens is 1. The van der Waals surface area contributed by atoms with E-state index >= 15 is 0 Å². The van der Waals surface area contributed by atoms with Crippen LogP contribution in [0.25, 0.3) is 11.3 Å². The molecule has 0 saturated heterocycles. The lowest BCUT2D eigenvalue weighted by Gasteiger charge is -2.06. The smallest absolute Gasteiger partial charge is 0.321 e. The van der Waals surface area contributed by atoms with Crippen LogP contribution in [0.4, 0.5) is 9.93 Å². The Morgan fingerprint density at radius 2 is 1.88 bits per heavy atom. The van der Waals surface area contributed by atoms with Gasteiger partial charge in [0.25, 0.3) is 0 Å². The SMILES string of the molecule is COc1ccc(CNC(=O)Nc2nc(-c3ccc(Cl)cc3)cs2)cc1. The van der Waals surface area contributed by atoms with Gasteiger partial charge >= 0.3 is 6.03 Å². The highest BCUT2D eigenvalue weighted by molar-refractivity contribution is 7.14. The van der Waals surface area contributed by atoms with E-state index in [0.717, 1.165) is 22.6 Å². The first-order valence-corrected chi connectivity index (χ1v) is 8.79. The minimum Gasteiger partial charge on any atom is -0.497 e. The van der Waals surface area contributed by atoms with Gasteiger partial charge in [0.2, 0.25) is 0 Å². The third-order valence-corrected chi connectivity index (χ3v) is 4.49. The molecule has 1 aromatic heterocycles. The Kier molecular flexibility index (Phi) is 5.53. The zero-order valence-electron chi connectivity index (χ0n) is 13.5. The van der Waals surface area contributed by atoms with Crippen LogP contribution in [0.1, 0.15) is 5.56 Å². The van der Waals surface area contributed by atoms with Crippen molar-refractivity contribution >= 4 is 34.1 Å². The molecule has 0 bridgehead atoms. The van der Waals surface area contributed by atoms with Crippen molar-refractivity contribution in [2.24, 2.45) is 0 Å². The first-order chi connectivity index (χ1) is 12.1. The van der Waals surface area contributed by atoms with Crippen LogP contribution in [0.15, 0.2) is 53.9 Å². The molecular weight excluding hydrogens is 358 g/mol. The number of anilines is 1. The summed E-state index contributed by atoms with van der Waals surface area (Å²) in [4.78, 5) is 16.4. The largest absolute Gasteiger partial charge is 0.497 e. The molecule has 3 rings (SSSR count). The molecule has 0 fully saturated rings. The Balaban J connectivity index is 1.55. The highest BCUT2D eigenvalue weighted by atomic mass is 35.5. The van der Waals surface area contributed by atoms with Crippen molar-refractivity contribution in [3.05, 3.63) is 64.5 Å². The molecule has 25 heavy (non-hydrogen) atoms. The number of thiazole rings is 1. The molecule has 3 aromatic rings. The van der Waals surface area contributed by atoms with Crippen LogP contribution in [0.3, 0.4) is 0 Å². The minimum absolute atomic E-state index is 0.298. The third-order valence-electron chi connectivity index (χ3n) is 3.48. The summed E-state index contributed by atoms with van der Waals surface area (Å²) < 4.78 is 5.11. The van der Waals surface area contributed by atoms with Crippen molar-refractivity contribution in [2.45, 2.75) is 6.54 Å². The molecule has 2 N–H and O–H groups in total. The normalized spacial score (nSPS) is 10.3. The quantitative estimate of drug-likeness (QED) is 0.675. The number of nitrogens with zero attached hydrogens (tertiary/aromatic N) is 1. The fourth-order valence-corrected chi connectivity index (χ4v) is 2.99. The number of carbonyl (C=O) groups is 1. The molecule has 128 valence electrons. The molecular formula is C18H16ClN3O2S. The van der Waals surface area contributed by atoms with Gasteiger partial charge < -0.3 is 10.1 Å². The number of methoxy groups -OCH3 is 1. The van der Waals surface area contributed by atoms with Crippen molar-refractivity contribution in [3.8, 4) is 17.0 Å². The van der Waals surface area contributed by atoms with E-state index in [1.807, 2.05) is 53.9 Å². The van der Waals surface area contributed by atoms with E-state index in [9.17, 15) is 4.79 Å². The van der Waals surface area contributed by atoms with E-state index in [4.69, 9.17) is 16.3 Å². The van der Waals surface area contributed by atoms with Gasteiger partial charge in [0.1, 0.15) is 5.75 Å². The number of hydrogen-bond donors (Lipinski definition) is 2. The summed E-state index contributed by atoms with van der Waals surface area (Å²) in [6, 6.07) is 14.6. The molecule has 0 radical (unpaired) electrons. The van der Waals surface area contributed by atoms with Crippen LogP contribution in [0.5, 0.6) is 5.75 Å². The predicted molar refractivity (Wildman–Crippen MR) is 101 cm³/mol. The van der Waals surface area contributed by atoms with Gasteiger partial charge in [0, 0.05) is 22.5 Å². The number of nitrogens with one attached hydrogen (secondary N) is 2. The topological polar surface area (TPSA) is 63.2 Å². The highest BCUT2D eigenvalue weighted by Gasteiger charge is 2.08. The summed E-state index contributed by atoms with van der Waals surface area (Å²) in [5.41, 5.74) is 2.73. The first kappa shape index (κ1) is 17.3. The maximum atomic E-state index is 12.0. The molecule has 0 unspecified atom stereocenters. The molecule has 7 heteroatoms. The molecule has 5 nitrogen and oxygen atoms in total.